The van der Waals surface area contributed by atoms with E-state index in [2.05, 4.69) is 15.3 Å². The van der Waals surface area contributed by atoms with E-state index in [1.165, 1.54) is 18.5 Å². The SMILES string of the molecule is COc1cc2ncnc(Nc3ccc(F)c(Cl)c3)c2cc1OC1CCN(C(=O)CCCO)CC1. The monoisotopic (exact) mass is 488 g/mol. The molecule has 8 nitrogen and oxygen atoms in total. The summed E-state index contributed by atoms with van der Waals surface area (Å²) in [6.07, 6.45) is 3.57. The van der Waals surface area contributed by atoms with Crippen molar-refractivity contribution in [1.82, 2.24) is 14.9 Å². The second-order valence-corrected chi connectivity index (χ2v) is 8.43. The van der Waals surface area contributed by atoms with Crippen LogP contribution in [0.15, 0.2) is 36.7 Å². The van der Waals surface area contributed by atoms with Gasteiger partial charge < -0.3 is 24.8 Å². The number of likely N-dealkylation sites (tertiary alicyclic amines) is 1. The van der Waals surface area contributed by atoms with Crippen LogP contribution in [-0.2, 0) is 4.79 Å². The second-order valence-electron chi connectivity index (χ2n) is 8.02. The summed E-state index contributed by atoms with van der Waals surface area (Å²) >= 11 is 5.91. The summed E-state index contributed by atoms with van der Waals surface area (Å²) in [7, 11) is 1.57. The number of hydrogen-bond acceptors (Lipinski definition) is 7. The van der Waals surface area contributed by atoms with Crippen LogP contribution < -0.4 is 14.8 Å². The van der Waals surface area contributed by atoms with Crippen molar-refractivity contribution in [2.24, 2.45) is 0 Å². The zero-order chi connectivity index (χ0) is 24.1. The molecule has 0 aliphatic carbocycles. The smallest absolute Gasteiger partial charge is 0.222 e. The summed E-state index contributed by atoms with van der Waals surface area (Å²) in [5.41, 5.74) is 1.24. The molecular formula is C24H26ClFN4O4. The largest absolute Gasteiger partial charge is 0.493 e. The van der Waals surface area contributed by atoms with E-state index in [1.54, 1.807) is 19.2 Å². The molecule has 3 aromatic rings. The van der Waals surface area contributed by atoms with Gasteiger partial charge in [0, 0.05) is 56.1 Å². The molecule has 1 fully saturated rings. The number of fused-ring (bicyclic) bond motifs is 1. The Bertz CT molecular complexity index is 1170. The van der Waals surface area contributed by atoms with Crippen LogP contribution in [0.25, 0.3) is 10.9 Å². The van der Waals surface area contributed by atoms with Crippen LogP contribution >= 0.6 is 11.6 Å². The number of aromatic nitrogens is 2. The van der Waals surface area contributed by atoms with Crippen LogP contribution in [0.4, 0.5) is 15.9 Å². The van der Waals surface area contributed by atoms with Crippen molar-refractivity contribution in [3.63, 3.8) is 0 Å². The highest BCUT2D eigenvalue weighted by atomic mass is 35.5. The van der Waals surface area contributed by atoms with Gasteiger partial charge in [0.05, 0.1) is 17.6 Å². The van der Waals surface area contributed by atoms with Crippen LogP contribution in [0.3, 0.4) is 0 Å². The van der Waals surface area contributed by atoms with E-state index in [0.717, 1.165) is 0 Å². The molecule has 0 radical (unpaired) electrons. The Labute approximate surface area is 201 Å². The number of carbonyl (C=O) groups is 1. The predicted molar refractivity (Wildman–Crippen MR) is 127 cm³/mol. The van der Waals surface area contributed by atoms with E-state index in [9.17, 15) is 9.18 Å². The van der Waals surface area contributed by atoms with E-state index < -0.39 is 5.82 Å². The number of nitrogens with one attached hydrogen (secondary N) is 1. The molecule has 10 heteroatoms. The lowest BCUT2D eigenvalue weighted by atomic mass is 10.1. The lowest BCUT2D eigenvalue weighted by Crippen LogP contribution is -2.41. The number of carbonyl (C=O) groups excluding carboxylic acids is 1. The number of aliphatic hydroxyl groups excluding tert-OH is 1. The Morgan fingerprint density at radius 1 is 1.24 bits per heavy atom. The quantitative estimate of drug-likeness (QED) is 0.487. The Kier molecular flexibility index (Phi) is 7.64. The first kappa shape index (κ1) is 24.0. The first-order valence-corrected chi connectivity index (χ1v) is 11.5. The summed E-state index contributed by atoms with van der Waals surface area (Å²) in [5.74, 6) is 1.17. The molecule has 0 unspecified atom stereocenters. The summed E-state index contributed by atoms with van der Waals surface area (Å²) in [6, 6.07) is 7.95. The van der Waals surface area contributed by atoms with Gasteiger partial charge in [-0.05, 0) is 30.7 Å². The molecule has 2 N–H and O–H groups in total. The van der Waals surface area contributed by atoms with Crippen LogP contribution in [0.5, 0.6) is 11.5 Å². The zero-order valence-corrected chi connectivity index (χ0v) is 19.5. The molecular weight excluding hydrogens is 463 g/mol. The van der Waals surface area contributed by atoms with Crippen molar-refractivity contribution in [1.29, 1.82) is 0 Å². The fourth-order valence-electron chi connectivity index (χ4n) is 3.92. The average Bonchev–Trinajstić information content (AvgIpc) is 2.85. The highest BCUT2D eigenvalue weighted by Gasteiger charge is 2.25. The first-order valence-electron chi connectivity index (χ1n) is 11.1. The highest BCUT2D eigenvalue weighted by Crippen LogP contribution is 2.36. The number of nitrogens with zero attached hydrogens (tertiary/aromatic N) is 3. The van der Waals surface area contributed by atoms with Crippen molar-refractivity contribution in [2.45, 2.75) is 31.8 Å². The maximum absolute atomic E-state index is 13.5. The van der Waals surface area contributed by atoms with Crippen molar-refractivity contribution >= 4 is 39.9 Å². The van der Waals surface area contributed by atoms with Crippen LogP contribution in [0.1, 0.15) is 25.7 Å². The molecule has 1 aromatic heterocycles. The fraction of sp³-hybridized carbons (Fsp3) is 0.375. The fourth-order valence-corrected chi connectivity index (χ4v) is 4.10. The third-order valence-corrected chi connectivity index (χ3v) is 6.03. The third kappa shape index (κ3) is 5.48. The summed E-state index contributed by atoms with van der Waals surface area (Å²) in [5, 5.41) is 12.8. The van der Waals surface area contributed by atoms with Crippen molar-refractivity contribution in [2.75, 3.05) is 32.1 Å². The van der Waals surface area contributed by atoms with Crippen LogP contribution in [0.2, 0.25) is 5.02 Å². The summed E-state index contributed by atoms with van der Waals surface area (Å²) < 4.78 is 25.3. The lowest BCUT2D eigenvalue weighted by molar-refractivity contribution is -0.133. The molecule has 4 rings (SSSR count). The van der Waals surface area contributed by atoms with Gasteiger partial charge in [-0.3, -0.25) is 4.79 Å². The lowest BCUT2D eigenvalue weighted by Gasteiger charge is -2.32. The summed E-state index contributed by atoms with van der Waals surface area (Å²) in [4.78, 5) is 22.7. The zero-order valence-electron chi connectivity index (χ0n) is 18.8. The number of benzene rings is 2. The Balaban J connectivity index is 1.53. The maximum Gasteiger partial charge on any atom is 0.222 e. The highest BCUT2D eigenvalue weighted by molar-refractivity contribution is 6.31. The standard InChI is InChI=1S/C24H26ClFN4O4/c1-33-21-13-20-17(24(28-14-27-20)29-15-4-5-19(26)18(25)11-15)12-22(21)34-16-6-8-30(9-7-16)23(32)3-2-10-31/h4-5,11-14,16,31H,2-3,6-10H2,1H3,(H,27,28,29). The van der Waals surface area contributed by atoms with Gasteiger partial charge in [-0.25, -0.2) is 14.4 Å². The second kappa shape index (κ2) is 10.8. The van der Waals surface area contributed by atoms with Crippen molar-refractivity contribution in [3.8, 4) is 11.5 Å². The van der Waals surface area contributed by atoms with E-state index in [4.69, 9.17) is 26.2 Å². The molecule has 0 atom stereocenters. The van der Waals surface area contributed by atoms with Gasteiger partial charge in [-0.2, -0.15) is 0 Å². The van der Waals surface area contributed by atoms with Gasteiger partial charge in [0.25, 0.3) is 0 Å². The van der Waals surface area contributed by atoms with Gasteiger partial charge in [0.1, 0.15) is 24.1 Å². The Morgan fingerprint density at radius 2 is 2.03 bits per heavy atom. The number of aliphatic hydroxyl groups is 1. The molecule has 34 heavy (non-hydrogen) atoms. The number of ether oxygens (including phenoxy) is 2. The molecule has 180 valence electrons. The van der Waals surface area contributed by atoms with Gasteiger partial charge in [0.15, 0.2) is 11.5 Å². The molecule has 0 spiro atoms. The molecule has 2 aromatic carbocycles. The van der Waals surface area contributed by atoms with Gasteiger partial charge in [-0.1, -0.05) is 11.6 Å². The minimum absolute atomic E-state index is 0.00948. The molecule has 1 aliphatic rings. The van der Waals surface area contributed by atoms with E-state index in [0.29, 0.717) is 72.7 Å². The number of rotatable bonds is 8. The average molecular weight is 489 g/mol. The van der Waals surface area contributed by atoms with Crippen LogP contribution in [-0.4, -0.2) is 58.8 Å². The van der Waals surface area contributed by atoms with Gasteiger partial charge >= 0.3 is 0 Å². The normalized spacial score (nSPS) is 14.3. The van der Waals surface area contributed by atoms with Gasteiger partial charge in [-0.15, -0.1) is 0 Å². The number of amides is 1. The Hall–Kier alpha value is -3.17. The maximum atomic E-state index is 13.5. The number of halogens is 2. The molecule has 0 bridgehead atoms. The molecule has 1 amide bonds. The predicted octanol–water partition coefficient (Wildman–Crippen LogP) is 4.32. The molecule has 2 heterocycles. The van der Waals surface area contributed by atoms with Crippen LogP contribution in [0, 0.1) is 5.82 Å². The molecule has 1 aliphatic heterocycles. The van der Waals surface area contributed by atoms with E-state index in [-0.39, 0.29) is 23.6 Å². The minimum Gasteiger partial charge on any atom is -0.493 e. The first-order chi connectivity index (χ1) is 16.5. The van der Waals surface area contributed by atoms with Crippen molar-refractivity contribution in [3.05, 3.63) is 47.5 Å². The number of piperidine rings is 1. The Morgan fingerprint density at radius 3 is 2.74 bits per heavy atom. The van der Waals surface area contributed by atoms with E-state index >= 15 is 0 Å². The topological polar surface area (TPSA) is 96.8 Å². The van der Waals surface area contributed by atoms with E-state index in [1.807, 2.05) is 11.0 Å². The number of methoxy groups -OCH3 is 1. The molecule has 1 saturated heterocycles. The third-order valence-electron chi connectivity index (χ3n) is 5.74. The number of anilines is 2. The summed E-state index contributed by atoms with van der Waals surface area (Å²) in [6.45, 7) is 1.22. The van der Waals surface area contributed by atoms with Gasteiger partial charge in [0.2, 0.25) is 5.91 Å². The molecule has 0 saturated carbocycles. The van der Waals surface area contributed by atoms with Crippen molar-refractivity contribution < 1.29 is 23.8 Å². The number of hydrogen-bond donors (Lipinski definition) is 2. The minimum atomic E-state index is -0.499.